The second-order valence-corrected chi connectivity index (χ2v) is 1.99. The third-order valence-electron chi connectivity index (χ3n) is 1.16. The first-order valence-corrected chi connectivity index (χ1v) is 3.18. The van der Waals surface area contributed by atoms with E-state index in [9.17, 15) is 0 Å². The van der Waals surface area contributed by atoms with E-state index in [-0.39, 0.29) is 12.4 Å². The zero-order valence-corrected chi connectivity index (χ0v) is 5.95. The number of hydrogen-bond acceptors (Lipinski definition) is 2. The van der Waals surface area contributed by atoms with Crippen molar-refractivity contribution in [3.05, 3.63) is 24.3 Å². The topological polar surface area (TPSA) is 29.5 Å². The van der Waals surface area contributed by atoms with Crippen LogP contribution in [0.4, 0.5) is 0 Å². The molecular formula is C9H8O2. The highest BCUT2D eigenvalue weighted by Gasteiger charge is 1.90. The molecule has 0 radical (unpaired) electrons. The average Bonchev–Trinajstić information content (AvgIpc) is 2.04. The van der Waals surface area contributed by atoms with E-state index >= 15 is 0 Å². The van der Waals surface area contributed by atoms with Gasteiger partial charge in [-0.2, -0.15) is 0 Å². The number of phenolic OH excluding ortho intramolecular Hbond substituents is 1. The van der Waals surface area contributed by atoms with E-state index in [1.165, 1.54) is 0 Å². The number of benzene rings is 1. The van der Waals surface area contributed by atoms with Gasteiger partial charge < -0.3 is 9.84 Å². The molecule has 0 spiro atoms. The van der Waals surface area contributed by atoms with Crippen LogP contribution in [0.3, 0.4) is 0 Å². The van der Waals surface area contributed by atoms with E-state index in [4.69, 9.17) is 16.3 Å². The zero-order chi connectivity index (χ0) is 8.10. The minimum atomic E-state index is 0.220. The van der Waals surface area contributed by atoms with Gasteiger partial charge in [-0.25, -0.2) is 0 Å². The highest BCUT2D eigenvalue weighted by molar-refractivity contribution is 5.30. The molecule has 11 heavy (non-hydrogen) atoms. The van der Waals surface area contributed by atoms with E-state index in [1.54, 1.807) is 24.3 Å². The molecule has 2 nitrogen and oxygen atoms in total. The van der Waals surface area contributed by atoms with Crippen LogP contribution in [0, 0.1) is 12.3 Å². The lowest BCUT2D eigenvalue weighted by molar-refractivity contribution is 0.369. The minimum absolute atomic E-state index is 0.220. The maximum Gasteiger partial charge on any atom is 0.148 e. The summed E-state index contributed by atoms with van der Waals surface area (Å²) in [7, 11) is 0. The summed E-state index contributed by atoms with van der Waals surface area (Å²) in [6, 6.07) is 6.41. The highest BCUT2D eigenvalue weighted by Crippen LogP contribution is 2.15. The number of aromatic hydroxyl groups is 1. The van der Waals surface area contributed by atoms with Crippen LogP contribution >= 0.6 is 0 Å². The predicted molar refractivity (Wildman–Crippen MR) is 42.4 cm³/mol. The van der Waals surface area contributed by atoms with Crippen LogP contribution < -0.4 is 4.74 Å². The van der Waals surface area contributed by atoms with Crippen molar-refractivity contribution in [1.82, 2.24) is 0 Å². The molecule has 0 bridgehead atoms. The zero-order valence-electron chi connectivity index (χ0n) is 5.95. The Morgan fingerprint density at radius 1 is 1.36 bits per heavy atom. The Kier molecular flexibility index (Phi) is 2.40. The molecule has 2 heteroatoms. The van der Waals surface area contributed by atoms with Gasteiger partial charge in [0.05, 0.1) is 0 Å². The van der Waals surface area contributed by atoms with Crippen LogP contribution in [0.25, 0.3) is 0 Å². The summed E-state index contributed by atoms with van der Waals surface area (Å²) in [6.45, 7) is 0.255. The van der Waals surface area contributed by atoms with Crippen molar-refractivity contribution in [3.63, 3.8) is 0 Å². The van der Waals surface area contributed by atoms with Gasteiger partial charge in [0.25, 0.3) is 0 Å². The summed E-state index contributed by atoms with van der Waals surface area (Å²) in [4.78, 5) is 0. The molecule has 0 atom stereocenters. The quantitative estimate of drug-likeness (QED) is 0.642. The molecule has 0 amide bonds. The van der Waals surface area contributed by atoms with Crippen molar-refractivity contribution in [2.24, 2.45) is 0 Å². The Labute approximate surface area is 65.4 Å². The molecule has 1 aromatic carbocycles. The Hall–Kier alpha value is -1.62. The lowest BCUT2D eigenvalue weighted by Crippen LogP contribution is -1.92. The molecule has 0 aliphatic carbocycles. The third kappa shape index (κ3) is 2.23. The minimum Gasteiger partial charge on any atom is -0.508 e. The van der Waals surface area contributed by atoms with E-state index in [1.807, 2.05) is 0 Å². The molecule has 0 aromatic heterocycles. The summed E-state index contributed by atoms with van der Waals surface area (Å²) in [6.07, 6.45) is 4.98. The molecule has 0 heterocycles. The summed E-state index contributed by atoms with van der Waals surface area (Å²) < 4.78 is 5.06. The highest BCUT2D eigenvalue weighted by atomic mass is 16.5. The van der Waals surface area contributed by atoms with Gasteiger partial charge >= 0.3 is 0 Å². The first-order valence-electron chi connectivity index (χ1n) is 3.18. The van der Waals surface area contributed by atoms with Gasteiger partial charge in [-0.3, -0.25) is 0 Å². The van der Waals surface area contributed by atoms with Gasteiger partial charge in [0, 0.05) is 0 Å². The normalized spacial score (nSPS) is 8.64. The standard InChI is InChI=1S/C9H8O2/c1-2-7-11-9-5-3-8(10)4-6-9/h1,3-6,10H,7H2. The second-order valence-electron chi connectivity index (χ2n) is 1.99. The number of hydrogen-bond donors (Lipinski definition) is 1. The van der Waals surface area contributed by atoms with Crippen LogP contribution in [-0.2, 0) is 0 Å². The number of rotatable bonds is 2. The fraction of sp³-hybridized carbons (Fsp3) is 0.111. The van der Waals surface area contributed by atoms with Crippen molar-refractivity contribution in [1.29, 1.82) is 0 Å². The first-order chi connectivity index (χ1) is 5.33. The first kappa shape index (κ1) is 7.49. The van der Waals surface area contributed by atoms with Crippen LogP contribution in [0.1, 0.15) is 0 Å². The lowest BCUT2D eigenvalue weighted by Gasteiger charge is -2.00. The monoisotopic (exact) mass is 148 g/mol. The van der Waals surface area contributed by atoms with Crippen molar-refractivity contribution in [2.75, 3.05) is 6.61 Å². The maximum absolute atomic E-state index is 8.89. The molecule has 0 aliphatic rings. The van der Waals surface area contributed by atoms with Crippen molar-refractivity contribution < 1.29 is 9.84 Å². The predicted octanol–water partition coefficient (Wildman–Crippen LogP) is 1.40. The SMILES string of the molecule is C#CCOc1ccc(O)cc1. The van der Waals surface area contributed by atoms with Crippen molar-refractivity contribution in [2.45, 2.75) is 0 Å². The van der Waals surface area contributed by atoms with Crippen molar-refractivity contribution >= 4 is 0 Å². The maximum atomic E-state index is 8.89. The Balaban J connectivity index is 2.60. The molecule has 1 N–H and O–H groups in total. The summed E-state index contributed by atoms with van der Waals surface area (Å²) in [5, 5.41) is 8.89. The van der Waals surface area contributed by atoms with E-state index in [0.717, 1.165) is 0 Å². The molecule has 0 saturated heterocycles. The molecule has 0 aliphatic heterocycles. The Morgan fingerprint density at radius 3 is 2.55 bits per heavy atom. The molecule has 0 fully saturated rings. The van der Waals surface area contributed by atoms with E-state index < -0.39 is 0 Å². The summed E-state index contributed by atoms with van der Waals surface area (Å²) >= 11 is 0. The molecule has 56 valence electrons. The molecule has 0 unspecified atom stereocenters. The Morgan fingerprint density at radius 2 is 2.00 bits per heavy atom. The van der Waals surface area contributed by atoms with Gasteiger partial charge in [0.1, 0.15) is 18.1 Å². The summed E-state index contributed by atoms with van der Waals surface area (Å²) in [5.74, 6) is 3.23. The molecule has 1 aromatic rings. The number of ether oxygens (including phenoxy) is 1. The average molecular weight is 148 g/mol. The third-order valence-corrected chi connectivity index (χ3v) is 1.16. The van der Waals surface area contributed by atoms with E-state index in [2.05, 4.69) is 5.92 Å². The fourth-order valence-corrected chi connectivity index (χ4v) is 0.667. The van der Waals surface area contributed by atoms with Gasteiger partial charge in [-0.05, 0) is 24.3 Å². The van der Waals surface area contributed by atoms with Crippen LogP contribution in [0.5, 0.6) is 11.5 Å². The smallest absolute Gasteiger partial charge is 0.148 e. The summed E-state index contributed by atoms with van der Waals surface area (Å²) in [5.41, 5.74) is 0. The van der Waals surface area contributed by atoms with Crippen molar-refractivity contribution in [3.8, 4) is 23.8 Å². The molecular weight excluding hydrogens is 140 g/mol. The van der Waals surface area contributed by atoms with E-state index in [0.29, 0.717) is 5.75 Å². The van der Waals surface area contributed by atoms with Crippen LogP contribution in [0.2, 0.25) is 0 Å². The number of phenols is 1. The second kappa shape index (κ2) is 3.52. The van der Waals surface area contributed by atoms with Gasteiger partial charge in [-0.15, -0.1) is 6.42 Å². The van der Waals surface area contributed by atoms with Gasteiger partial charge in [0.2, 0.25) is 0 Å². The molecule has 1 rings (SSSR count). The lowest BCUT2D eigenvalue weighted by atomic mass is 10.3. The Bertz CT molecular complexity index is 256. The van der Waals surface area contributed by atoms with Crippen LogP contribution in [0.15, 0.2) is 24.3 Å². The largest absolute Gasteiger partial charge is 0.508 e. The fourth-order valence-electron chi connectivity index (χ4n) is 0.667. The van der Waals surface area contributed by atoms with Gasteiger partial charge in [0.15, 0.2) is 0 Å². The number of terminal acetylenes is 1. The van der Waals surface area contributed by atoms with Crippen LogP contribution in [-0.4, -0.2) is 11.7 Å². The molecule has 0 saturated carbocycles. The van der Waals surface area contributed by atoms with Gasteiger partial charge in [-0.1, -0.05) is 5.92 Å².